The summed E-state index contributed by atoms with van der Waals surface area (Å²) in [4.78, 5) is 22.3. The number of aryl methyl sites for hydroxylation is 1. The molecule has 6 nitrogen and oxygen atoms in total. The lowest BCUT2D eigenvalue weighted by atomic mass is 9.97. The molecule has 0 aliphatic rings. The zero-order valence-corrected chi connectivity index (χ0v) is 12.1. The number of carboxylic acid groups (broad SMARTS) is 1. The Morgan fingerprint density at radius 2 is 1.95 bits per heavy atom. The van der Waals surface area contributed by atoms with Crippen molar-refractivity contribution in [3.05, 3.63) is 52.7 Å². The Morgan fingerprint density at radius 3 is 2.64 bits per heavy atom. The number of hydrogen-bond acceptors (Lipinski definition) is 4. The summed E-state index contributed by atoms with van der Waals surface area (Å²) in [5.74, 6) is -0.460. The van der Waals surface area contributed by atoms with Gasteiger partial charge in [0.15, 0.2) is 17.8 Å². The summed E-state index contributed by atoms with van der Waals surface area (Å²) in [6.45, 7) is 3.63. The minimum Gasteiger partial charge on any atom is -0.478 e. The van der Waals surface area contributed by atoms with Crippen molar-refractivity contribution in [1.82, 2.24) is 14.6 Å². The summed E-state index contributed by atoms with van der Waals surface area (Å²) in [6, 6.07) is 6.69. The number of benzene rings is 1. The van der Waals surface area contributed by atoms with Gasteiger partial charge in [0.1, 0.15) is 0 Å². The minimum atomic E-state index is -0.985. The van der Waals surface area contributed by atoms with Crippen molar-refractivity contribution in [2.24, 2.45) is 0 Å². The quantitative estimate of drug-likeness (QED) is 0.750. The first-order valence-corrected chi connectivity index (χ1v) is 6.66. The summed E-state index contributed by atoms with van der Waals surface area (Å²) in [5.41, 5.74) is 3.56. The lowest BCUT2D eigenvalue weighted by Crippen LogP contribution is -2.04. The second-order valence-corrected chi connectivity index (χ2v) is 5.07. The highest BCUT2D eigenvalue weighted by atomic mass is 16.4. The number of carbonyl (C=O) groups excluding carboxylic acids is 1. The van der Waals surface area contributed by atoms with Gasteiger partial charge in [-0.25, -0.2) is 4.79 Å². The van der Waals surface area contributed by atoms with E-state index in [9.17, 15) is 14.7 Å². The first-order chi connectivity index (χ1) is 10.5. The van der Waals surface area contributed by atoms with Crippen molar-refractivity contribution in [3.63, 3.8) is 0 Å². The molecule has 0 spiro atoms. The molecule has 1 aromatic carbocycles. The number of aromatic carboxylic acids is 1. The summed E-state index contributed by atoms with van der Waals surface area (Å²) < 4.78 is 1.70. The van der Waals surface area contributed by atoms with Crippen LogP contribution in [0.1, 0.15) is 31.8 Å². The second-order valence-electron chi connectivity index (χ2n) is 5.07. The van der Waals surface area contributed by atoms with Gasteiger partial charge in [0.05, 0.1) is 5.56 Å². The fraction of sp³-hybridized carbons (Fsp3) is 0.125. The van der Waals surface area contributed by atoms with Crippen LogP contribution in [0.25, 0.3) is 17.0 Å². The Morgan fingerprint density at radius 1 is 1.18 bits per heavy atom. The number of fused-ring (bicyclic) bond motifs is 1. The smallest absolute Gasteiger partial charge is 0.335 e. The standard InChI is InChI=1S/C16H13N3O3/c1-9-3-5-12(16(21)22)10(2)14(9)15-18-17-13-6-4-11(8-20)7-19(13)15/h3-8H,1-2H3,(H,21,22). The highest BCUT2D eigenvalue weighted by molar-refractivity contribution is 5.92. The van der Waals surface area contributed by atoms with Crippen LogP contribution in [0.4, 0.5) is 0 Å². The molecule has 0 saturated carbocycles. The molecule has 0 aliphatic carbocycles. The van der Waals surface area contributed by atoms with Gasteiger partial charge >= 0.3 is 5.97 Å². The molecule has 3 rings (SSSR count). The molecule has 2 aromatic heterocycles. The van der Waals surface area contributed by atoms with E-state index < -0.39 is 5.97 Å². The van der Waals surface area contributed by atoms with Crippen molar-refractivity contribution in [2.75, 3.05) is 0 Å². The third kappa shape index (κ3) is 2.05. The Labute approximate surface area is 126 Å². The van der Waals surface area contributed by atoms with Gasteiger partial charge in [-0.1, -0.05) is 6.07 Å². The molecule has 2 heterocycles. The maximum absolute atomic E-state index is 11.3. The predicted octanol–water partition coefficient (Wildman–Crippen LogP) is 2.52. The van der Waals surface area contributed by atoms with Crippen molar-refractivity contribution < 1.29 is 14.7 Å². The van der Waals surface area contributed by atoms with Crippen LogP contribution in [0.3, 0.4) is 0 Å². The van der Waals surface area contributed by atoms with Gasteiger partial charge in [0.2, 0.25) is 0 Å². The molecular weight excluding hydrogens is 282 g/mol. The molecule has 6 heteroatoms. The third-order valence-corrected chi connectivity index (χ3v) is 3.69. The number of carboxylic acids is 1. The number of aldehydes is 1. The van der Waals surface area contributed by atoms with Gasteiger partial charge in [-0.05, 0) is 43.2 Å². The van der Waals surface area contributed by atoms with E-state index in [0.717, 1.165) is 17.4 Å². The lowest BCUT2D eigenvalue weighted by Gasteiger charge is -2.11. The number of pyridine rings is 1. The molecule has 3 aromatic rings. The van der Waals surface area contributed by atoms with E-state index >= 15 is 0 Å². The normalized spacial score (nSPS) is 10.8. The Hall–Kier alpha value is -3.02. The van der Waals surface area contributed by atoms with Crippen LogP contribution in [0, 0.1) is 13.8 Å². The van der Waals surface area contributed by atoms with Crippen molar-refractivity contribution in [3.8, 4) is 11.4 Å². The van der Waals surface area contributed by atoms with Crippen LogP contribution in [0.15, 0.2) is 30.5 Å². The molecule has 0 bridgehead atoms. The molecule has 0 radical (unpaired) electrons. The van der Waals surface area contributed by atoms with E-state index in [2.05, 4.69) is 10.2 Å². The fourth-order valence-electron chi connectivity index (χ4n) is 2.57. The monoisotopic (exact) mass is 295 g/mol. The van der Waals surface area contributed by atoms with Gasteiger partial charge in [0.25, 0.3) is 0 Å². The van der Waals surface area contributed by atoms with E-state index in [-0.39, 0.29) is 5.56 Å². The van der Waals surface area contributed by atoms with Crippen LogP contribution in [0.5, 0.6) is 0 Å². The van der Waals surface area contributed by atoms with Gasteiger partial charge in [-0.3, -0.25) is 9.20 Å². The molecule has 0 amide bonds. The molecule has 0 fully saturated rings. The van der Waals surface area contributed by atoms with Crippen LogP contribution < -0.4 is 0 Å². The molecular formula is C16H13N3O3. The highest BCUT2D eigenvalue weighted by Gasteiger charge is 2.18. The van der Waals surface area contributed by atoms with E-state index in [1.54, 1.807) is 41.8 Å². The molecule has 0 atom stereocenters. The number of hydrogen-bond donors (Lipinski definition) is 1. The summed E-state index contributed by atoms with van der Waals surface area (Å²) >= 11 is 0. The van der Waals surface area contributed by atoms with E-state index in [0.29, 0.717) is 22.6 Å². The van der Waals surface area contributed by atoms with Crippen LogP contribution in [-0.2, 0) is 0 Å². The average Bonchev–Trinajstić information content (AvgIpc) is 2.90. The second kappa shape index (κ2) is 5.07. The maximum atomic E-state index is 11.3. The van der Waals surface area contributed by atoms with E-state index in [1.807, 2.05) is 6.92 Å². The fourth-order valence-corrected chi connectivity index (χ4v) is 2.57. The molecule has 1 N–H and O–H groups in total. The molecule has 0 aliphatic heterocycles. The van der Waals surface area contributed by atoms with Crippen LogP contribution in [-0.4, -0.2) is 32.0 Å². The number of nitrogens with zero attached hydrogens (tertiary/aromatic N) is 3. The molecule has 0 saturated heterocycles. The third-order valence-electron chi connectivity index (χ3n) is 3.69. The topological polar surface area (TPSA) is 84.6 Å². The van der Waals surface area contributed by atoms with E-state index in [1.165, 1.54) is 0 Å². The first-order valence-electron chi connectivity index (χ1n) is 6.66. The van der Waals surface area contributed by atoms with Crippen molar-refractivity contribution in [1.29, 1.82) is 0 Å². The SMILES string of the molecule is Cc1ccc(C(=O)O)c(C)c1-c1nnc2ccc(C=O)cn12. The van der Waals surface area contributed by atoms with Crippen LogP contribution >= 0.6 is 0 Å². The lowest BCUT2D eigenvalue weighted by molar-refractivity contribution is 0.0696. The Bertz CT molecular complexity index is 912. The largest absolute Gasteiger partial charge is 0.478 e. The maximum Gasteiger partial charge on any atom is 0.335 e. The number of rotatable bonds is 3. The van der Waals surface area contributed by atoms with Crippen molar-refractivity contribution in [2.45, 2.75) is 13.8 Å². The molecule has 0 unspecified atom stereocenters. The zero-order chi connectivity index (χ0) is 15.9. The predicted molar refractivity (Wildman–Crippen MR) is 80.2 cm³/mol. The average molecular weight is 295 g/mol. The van der Waals surface area contributed by atoms with Gasteiger partial charge in [-0.2, -0.15) is 0 Å². The Kier molecular flexibility index (Phi) is 3.21. The molecule has 22 heavy (non-hydrogen) atoms. The zero-order valence-electron chi connectivity index (χ0n) is 12.1. The van der Waals surface area contributed by atoms with Crippen LogP contribution in [0.2, 0.25) is 0 Å². The summed E-state index contributed by atoms with van der Waals surface area (Å²) in [6.07, 6.45) is 2.39. The summed E-state index contributed by atoms with van der Waals surface area (Å²) in [7, 11) is 0. The van der Waals surface area contributed by atoms with Gasteiger partial charge < -0.3 is 5.11 Å². The van der Waals surface area contributed by atoms with Gasteiger partial charge in [0, 0.05) is 17.3 Å². The van der Waals surface area contributed by atoms with Crippen molar-refractivity contribution >= 4 is 17.9 Å². The summed E-state index contributed by atoms with van der Waals surface area (Å²) in [5, 5.41) is 17.5. The highest BCUT2D eigenvalue weighted by Crippen LogP contribution is 2.28. The number of carbonyl (C=O) groups is 2. The Balaban J connectivity index is 2.34. The number of aromatic nitrogens is 3. The van der Waals surface area contributed by atoms with Gasteiger partial charge in [-0.15, -0.1) is 10.2 Å². The first kappa shape index (κ1) is 13.9. The minimum absolute atomic E-state index is 0.226. The molecule has 110 valence electrons. The van der Waals surface area contributed by atoms with E-state index in [4.69, 9.17) is 0 Å².